The first kappa shape index (κ1) is 35.9. The third kappa shape index (κ3) is 5.49. The van der Waals surface area contributed by atoms with Crippen molar-refractivity contribution < 1.29 is 0 Å². The molecule has 0 spiro atoms. The van der Waals surface area contributed by atoms with E-state index in [2.05, 4.69) is 229 Å². The van der Waals surface area contributed by atoms with Gasteiger partial charge in [0, 0.05) is 21.7 Å². The molecule has 14 aromatic rings. The van der Waals surface area contributed by atoms with Crippen LogP contribution in [0.5, 0.6) is 0 Å². The van der Waals surface area contributed by atoms with Crippen molar-refractivity contribution >= 4 is 97.3 Å². The molecule has 0 saturated heterocycles. The predicted octanol–water partition coefficient (Wildman–Crippen LogP) is 16.6. The van der Waals surface area contributed by atoms with E-state index in [0.717, 1.165) is 49.7 Å². The molecule has 0 radical (unpaired) electrons. The molecule has 2 heterocycles. The Morgan fingerprint density at radius 3 is 1.58 bits per heavy atom. The summed E-state index contributed by atoms with van der Waals surface area (Å²) in [6.07, 6.45) is 0. The molecule has 0 N–H and O–H groups in total. The van der Waals surface area contributed by atoms with Crippen LogP contribution >= 0.6 is 0 Å². The molecule has 12 aromatic carbocycles. The zero-order valence-electron chi connectivity index (χ0n) is 35.2. The van der Waals surface area contributed by atoms with Gasteiger partial charge in [-0.3, -0.25) is 4.57 Å². The number of rotatable bonds is 4. The third-order valence-electron chi connectivity index (χ3n) is 13.7. The Bertz CT molecular complexity index is 4270. The number of hydrogen-bond donors (Lipinski definition) is 0. The fourth-order valence-corrected chi connectivity index (χ4v) is 10.7. The molecule has 3 nitrogen and oxygen atoms in total. The lowest BCUT2D eigenvalue weighted by Gasteiger charge is -2.15. The zero-order valence-corrected chi connectivity index (χ0v) is 35.2. The number of aromatic nitrogens is 3. The first-order chi connectivity index (χ1) is 32.2. The van der Waals surface area contributed by atoms with Crippen molar-refractivity contribution in [1.29, 1.82) is 0 Å². The summed E-state index contributed by atoms with van der Waals surface area (Å²) < 4.78 is 2.30. The lowest BCUT2D eigenvalue weighted by atomic mass is 9.91. The molecule has 65 heavy (non-hydrogen) atoms. The highest BCUT2D eigenvalue weighted by Crippen LogP contribution is 2.44. The summed E-state index contributed by atoms with van der Waals surface area (Å²) in [5.41, 5.74) is 9.65. The fraction of sp³-hybridized carbons (Fsp3) is 0. The maximum atomic E-state index is 5.69. The molecule has 14 rings (SSSR count). The van der Waals surface area contributed by atoms with Crippen LogP contribution in [0, 0.1) is 0 Å². The maximum Gasteiger partial charge on any atom is 0.235 e. The van der Waals surface area contributed by atoms with Gasteiger partial charge in [-0.1, -0.05) is 182 Å². The summed E-state index contributed by atoms with van der Waals surface area (Å²) in [4.78, 5) is 11.2. The highest BCUT2D eigenvalue weighted by Gasteiger charge is 2.22. The topological polar surface area (TPSA) is 30.7 Å². The fourth-order valence-electron chi connectivity index (χ4n) is 10.7. The minimum Gasteiger partial charge on any atom is -0.278 e. The van der Waals surface area contributed by atoms with Crippen molar-refractivity contribution in [3.05, 3.63) is 224 Å². The smallest absolute Gasteiger partial charge is 0.235 e. The van der Waals surface area contributed by atoms with Crippen LogP contribution in [-0.4, -0.2) is 14.5 Å². The van der Waals surface area contributed by atoms with Crippen molar-refractivity contribution in [1.82, 2.24) is 14.5 Å². The van der Waals surface area contributed by atoms with Gasteiger partial charge in [0.05, 0.1) is 22.2 Å². The van der Waals surface area contributed by atoms with E-state index in [-0.39, 0.29) is 0 Å². The molecule has 2 aromatic heterocycles. The summed E-state index contributed by atoms with van der Waals surface area (Å²) in [6, 6.07) is 81.8. The van der Waals surface area contributed by atoms with Gasteiger partial charge in [0.1, 0.15) is 0 Å². The highest BCUT2D eigenvalue weighted by atomic mass is 15.2. The van der Waals surface area contributed by atoms with Crippen molar-refractivity contribution in [2.45, 2.75) is 0 Å². The Balaban J connectivity index is 1.06. The van der Waals surface area contributed by atoms with Crippen LogP contribution in [0.15, 0.2) is 224 Å². The first-order valence-electron chi connectivity index (χ1n) is 22.3. The Morgan fingerprint density at radius 1 is 0.277 bits per heavy atom. The molecule has 0 aliphatic carbocycles. The monoisotopic (exact) mass is 823 g/mol. The van der Waals surface area contributed by atoms with E-state index in [1.807, 2.05) is 0 Å². The first-order valence-corrected chi connectivity index (χ1v) is 22.3. The van der Waals surface area contributed by atoms with E-state index < -0.39 is 0 Å². The molecule has 0 aliphatic rings. The lowest BCUT2D eigenvalue weighted by molar-refractivity contribution is 1.01. The van der Waals surface area contributed by atoms with E-state index in [1.165, 1.54) is 81.1 Å². The van der Waals surface area contributed by atoms with Gasteiger partial charge < -0.3 is 0 Å². The normalized spacial score (nSPS) is 12.0. The quantitative estimate of drug-likeness (QED) is 0.166. The standard InChI is InChI=1S/C62H37N3/c1-2-15-40-33-43(28-27-38(40)13-1)44-30-32-57-55(34-44)61(53-25-11-18-39-14-5-6-19-46(39)53)64-62(63-57)65-58-26-12-24-47(60(58)56-35-41-16-3-4-17-42(41)37-59(56)65)45-29-31-52-50-22-8-7-20-48(50)49-21-9-10-23-51(49)54(52)36-45/h1-37H. The molecule has 0 fully saturated rings. The maximum absolute atomic E-state index is 5.69. The summed E-state index contributed by atoms with van der Waals surface area (Å²) in [7, 11) is 0. The molecule has 0 saturated carbocycles. The van der Waals surface area contributed by atoms with Crippen LogP contribution in [0.4, 0.5) is 0 Å². The van der Waals surface area contributed by atoms with Gasteiger partial charge in [-0.05, 0) is 129 Å². The van der Waals surface area contributed by atoms with E-state index in [1.54, 1.807) is 0 Å². The number of benzene rings is 12. The number of fused-ring (bicyclic) bond motifs is 13. The van der Waals surface area contributed by atoms with Gasteiger partial charge in [0.2, 0.25) is 5.95 Å². The molecule has 3 heteroatoms. The van der Waals surface area contributed by atoms with Gasteiger partial charge in [-0.25, -0.2) is 9.97 Å². The Morgan fingerprint density at radius 2 is 0.815 bits per heavy atom. The molecule has 0 aliphatic heterocycles. The van der Waals surface area contributed by atoms with Crippen LogP contribution in [0.2, 0.25) is 0 Å². The molecular weight excluding hydrogens is 787 g/mol. The molecule has 0 bridgehead atoms. The number of hydrogen-bond acceptors (Lipinski definition) is 2. The molecule has 0 atom stereocenters. The lowest BCUT2D eigenvalue weighted by Crippen LogP contribution is -2.04. The molecule has 0 amide bonds. The predicted molar refractivity (Wildman–Crippen MR) is 275 cm³/mol. The second-order valence-corrected chi connectivity index (χ2v) is 17.3. The molecule has 300 valence electrons. The minimum absolute atomic E-state index is 0.641. The van der Waals surface area contributed by atoms with Crippen LogP contribution in [-0.2, 0) is 0 Å². The summed E-state index contributed by atoms with van der Waals surface area (Å²) in [5.74, 6) is 0.641. The average molecular weight is 824 g/mol. The molecular formula is C62H37N3. The van der Waals surface area contributed by atoms with E-state index in [0.29, 0.717) is 5.95 Å². The largest absolute Gasteiger partial charge is 0.278 e. The zero-order chi connectivity index (χ0) is 42.6. The second-order valence-electron chi connectivity index (χ2n) is 17.3. The minimum atomic E-state index is 0.641. The van der Waals surface area contributed by atoms with Crippen LogP contribution in [0.1, 0.15) is 0 Å². The van der Waals surface area contributed by atoms with Gasteiger partial charge in [0.25, 0.3) is 0 Å². The van der Waals surface area contributed by atoms with Gasteiger partial charge >= 0.3 is 0 Å². The Kier molecular flexibility index (Phi) is 7.69. The average Bonchev–Trinajstić information content (AvgIpc) is 3.70. The van der Waals surface area contributed by atoms with Crippen molar-refractivity contribution in [3.63, 3.8) is 0 Å². The number of nitrogens with zero attached hydrogens (tertiary/aromatic N) is 3. The van der Waals surface area contributed by atoms with Crippen LogP contribution in [0.25, 0.3) is 137 Å². The van der Waals surface area contributed by atoms with E-state index >= 15 is 0 Å². The van der Waals surface area contributed by atoms with Crippen LogP contribution in [0.3, 0.4) is 0 Å². The van der Waals surface area contributed by atoms with Crippen molar-refractivity contribution in [3.8, 4) is 39.5 Å². The highest BCUT2D eigenvalue weighted by molar-refractivity contribution is 6.26. The summed E-state index contributed by atoms with van der Waals surface area (Å²) in [5, 5.41) is 18.1. The van der Waals surface area contributed by atoms with Crippen molar-refractivity contribution in [2.75, 3.05) is 0 Å². The third-order valence-corrected chi connectivity index (χ3v) is 13.7. The Hall–Kier alpha value is -8.66. The second kappa shape index (κ2) is 13.9. The van der Waals surface area contributed by atoms with Crippen molar-refractivity contribution in [2.24, 2.45) is 0 Å². The van der Waals surface area contributed by atoms with Gasteiger partial charge in [-0.2, -0.15) is 0 Å². The van der Waals surface area contributed by atoms with E-state index in [4.69, 9.17) is 9.97 Å². The van der Waals surface area contributed by atoms with Crippen LogP contribution < -0.4 is 0 Å². The van der Waals surface area contributed by atoms with Gasteiger partial charge in [-0.15, -0.1) is 0 Å². The SMILES string of the molecule is c1ccc2cc(-c3ccc4nc(-n5c6cc7ccccc7cc6c6c(-c7ccc8c9ccccc9c9ccccc9c8c7)cccc65)nc(-c5cccc6ccccc56)c4c3)ccc2c1. The Labute approximate surface area is 374 Å². The summed E-state index contributed by atoms with van der Waals surface area (Å²) in [6.45, 7) is 0. The van der Waals surface area contributed by atoms with E-state index in [9.17, 15) is 0 Å². The molecule has 0 unspecified atom stereocenters. The summed E-state index contributed by atoms with van der Waals surface area (Å²) >= 11 is 0. The van der Waals surface area contributed by atoms with Gasteiger partial charge in [0.15, 0.2) is 0 Å².